The number of aromatic nitrogens is 1. The third-order valence-corrected chi connectivity index (χ3v) is 1.08. The van der Waals surface area contributed by atoms with Crippen LogP contribution in [0.25, 0.3) is 0 Å². The Bertz CT molecular complexity index is 220. The van der Waals surface area contributed by atoms with E-state index in [0.29, 0.717) is 0 Å². The lowest BCUT2D eigenvalue weighted by atomic mass is 10.3. The molecular formula is C6H10BF4NO2. The summed E-state index contributed by atoms with van der Waals surface area (Å²) in [5.74, 6) is 0. The van der Waals surface area contributed by atoms with Crippen LogP contribution in [0.3, 0.4) is 0 Å². The van der Waals surface area contributed by atoms with E-state index in [2.05, 4.69) is 0 Å². The van der Waals surface area contributed by atoms with Crippen LogP contribution >= 0.6 is 0 Å². The van der Waals surface area contributed by atoms with Crippen LogP contribution in [0.5, 0.6) is 0 Å². The molecule has 0 aliphatic rings. The largest absolute Gasteiger partial charge is 0.673 e. The van der Waals surface area contributed by atoms with Crippen LogP contribution in [0, 0.1) is 0 Å². The highest BCUT2D eigenvalue weighted by molar-refractivity contribution is 6.50. The second kappa shape index (κ2) is 6.42. The quantitative estimate of drug-likeness (QED) is 0.434. The molecule has 3 nitrogen and oxygen atoms in total. The number of ether oxygens (including phenoxy) is 1. The maximum atomic E-state index is 9.75. The van der Waals surface area contributed by atoms with E-state index in [1.165, 1.54) is 0 Å². The maximum Gasteiger partial charge on any atom is 0.673 e. The number of methoxy groups -OCH3 is 1. The molecule has 1 aromatic rings. The first-order valence-corrected chi connectivity index (χ1v) is 3.71. The van der Waals surface area contributed by atoms with Gasteiger partial charge in [-0.2, -0.15) is 4.57 Å². The van der Waals surface area contributed by atoms with Gasteiger partial charge in [-0.25, -0.2) is 0 Å². The van der Waals surface area contributed by atoms with Gasteiger partial charge in [0.05, 0.1) is 0 Å². The van der Waals surface area contributed by atoms with Crippen LogP contribution in [0.4, 0.5) is 17.3 Å². The molecule has 0 N–H and O–H groups in total. The predicted octanol–water partition coefficient (Wildman–Crippen LogP) is 1.51. The van der Waals surface area contributed by atoms with E-state index in [0.717, 1.165) is 13.2 Å². The van der Waals surface area contributed by atoms with Gasteiger partial charge in [0.1, 0.15) is 6.61 Å². The molecule has 0 atom stereocenters. The van der Waals surface area contributed by atoms with Crippen molar-refractivity contribution in [3.05, 3.63) is 18.9 Å². The van der Waals surface area contributed by atoms with Crippen molar-refractivity contribution in [3.63, 3.8) is 0 Å². The molecule has 1 aromatic heterocycles. The van der Waals surface area contributed by atoms with E-state index in [4.69, 9.17) is 9.15 Å². The van der Waals surface area contributed by atoms with Crippen molar-refractivity contribution in [1.82, 2.24) is 0 Å². The minimum Gasteiger partial charge on any atom is -0.418 e. The molecule has 1 rings (SSSR count). The Morgan fingerprint density at radius 2 is 1.93 bits per heavy atom. The van der Waals surface area contributed by atoms with Gasteiger partial charge >= 0.3 is 13.6 Å². The highest BCUT2D eigenvalue weighted by Crippen LogP contribution is 2.06. The summed E-state index contributed by atoms with van der Waals surface area (Å²) in [4.78, 5) is 0. The van der Waals surface area contributed by atoms with Gasteiger partial charge in [0, 0.05) is 7.11 Å². The predicted molar refractivity (Wildman–Crippen MR) is 41.0 cm³/mol. The van der Waals surface area contributed by atoms with Crippen molar-refractivity contribution in [2.24, 2.45) is 0 Å². The molecule has 0 aliphatic heterocycles. The van der Waals surface area contributed by atoms with Crippen molar-refractivity contribution in [1.29, 1.82) is 0 Å². The molecule has 8 heteroatoms. The first-order valence-electron chi connectivity index (χ1n) is 3.71. The SMILES string of the molecule is COCC[n+]1ccoc1.F[B-](F)(F)F. The maximum absolute atomic E-state index is 9.75. The van der Waals surface area contributed by atoms with Gasteiger partial charge in [-0.1, -0.05) is 0 Å². The minimum atomic E-state index is -6.00. The molecule has 0 spiro atoms. The lowest BCUT2D eigenvalue weighted by Crippen LogP contribution is -2.32. The third-order valence-electron chi connectivity index (χ3n) is 1.08. The van der Waals surface area contributed by atoms with Crippen LogP contribution in [0.15, 0.2) is 23.3 Å². The highest BCUT2D eigenvalue weighted by Gasteiger charge is 2.20. The molecule has 0 unspecified atom stereocenters. The van der Waals surface area contributed by atoms with Gasteiger partial charge in [0.25, 0.3) is 0 Å². The van der Waals surface area contributed by atoms with E-state index < -0.39 is 7.25 Å². The Morgan fingerprint density at radius 3 is 2.29 bits per heavy atom. The zero-order valence-electron chi connectivity index (χ0n) is 7.50. The molecule has 0 radical (unpaired) electrons. The third kappa shape index (κ3) is 11.0. The van der Waals surface area contributed by atoms with Crippen molar-refractivity contribution in [2.75, 3.05) is 13.7 Å². The van der Waals surface area contributed by atoms with Crippen LogP contribution in [0.1, 0.15) is 0 Å². The fourth-order valence-electron chi connectivity index (χ4n) is 0.586. The Balaban J connectivity index is 0.000000292. The van der Waals surface area contributed by atoms with Gasteiger partial charge in [-0.3, -0.25) is 0 Å². The van der Waals surface area contributed by atoms with Crippen molar-refractivity contribution in [3.8, 4) is 0 Å². The van der Waals surface area contributed by atoms with E-state index in [-0.39, 0.29) is 0 Å². The number of oxazole rings is 1. The summed E-state index contributed by atoms with van der Waals surface area (Å²) in [5.41, 5.74) is 0. The molecule has 14 heavy (non-hydrogen) atoms. The van der Waals surface area contributed by atoms with Crippen molar-refractivity contribution < 1.29 is 31.0 Å². The first kappa shape index (κ1) is 13.0. The Hall–Kier alpha value is -1.05. The molecule has 0 aliphatic carbocycles. The van der Waals surface area contributed by atoms with E-state index in [1.54, 1.807) is 19.8 Å². The van der Waals surface area contributed by atoms with Gasteiger partial charge in [-0.15, -0.1) is 0 Å². The zero-order valence-corrected chi connectivity index (χ0v) is 7.50. The lowest BCUT2D eigenvalue weighted by molar-refractivity contribution is -0.701. The molecule has 82 valence electrons. The van der Waals surface area contributed by atoms with E-state index in [9.17, 15) is 17.3 Å². The number of hydrogen-bond acceptors (Lipinski definition) is 2. The van der Waals surface area contributed by atoms with Crippen LogP contribution in [0.2, 0.25) is 0 Å². The molecule has 0 saturated heterocycles. The number of halogens is 4. The number of hydrogen-bond donors (Lipinski definition) is 0. The molecule has 0 amide bonds. The van der Waals surface area contributed by atoms with Crippen molar-refractivity contribution in [2.45, 2.75) is 6.54 Å². The lowest BCUT2D eigenvalue weighted by Gasteiger charge is -1.94. The Labute approximate surface area is 78.4 Å². The number of rotatable bonds is 3. The van der Waals surface area contributed by atoms with Crippen LogP contribution in [-0.2, 0) is 11.3 Å². The molecule has 0 aromatic carbocycles. The monoisotopic (exact) mass is 215 g/mol. The molecular weight excluding hydrogens is 205 g/mol. The van der Waals surface area contributed by atoms with E-state index >= 15 is 0 Å². The second-order valence-electron chi connectivity index (χ2n) is 2.25. The zero-order chi connectivity index (χ0) is 11.0. The van der Waals surface area contributed by atoms with Gasteiger partial charge in [0.2, 0.25) is 6.20 Å². The van der Waals surface area contributed by atoms with Crippen LogP contribution in [-0.4, -0.2) is 21.0 Å². The summed E-state index contributed by atoms with van der Waals surface area (Å²) in [6.07, 6.45) is 5.15. The summed E-state index contributed by atoms with van der Waals surface area (Å²) in [6.45, 7) is 1.58. The summed E-state index contributed by atoms with van der Waals surface area (Å²) in [7, 11) is -4.32. The first-order chi connectivity index (χ1) is 6.43. The molecule has 0 bridgehead atoms. The van der Waals surface area contributed by atoms with Crippen molar-refractivity contribution >= 4 is 7.25 Å². The average molecular weight is 215 g/mol. The van der Waals surface area contributed by atoms with Gasteiger partial charge < -0.3 is 26.4 Å². The van der Waals surface area contributed by atoms with E-state index in [1.807, 2.05) is 10.8 Å². The summed E-state index contributed by atoms with van der Waals surface area (Å²) < 4.78 is 50.6. The summed E-state index contributed by atoms with van der Waals surface area (Å²) >= 11 is 0. The smallest absolute Gasteiger partial charge is 0.418 e. The fourth-order valence-corrected chi connectivity index (χ4v) is 0.586. The summed E-state index contributed by atoms with van der Waals surface area (Å²) in [6, 6.07) is 0. The second-order valence-corrected chi connectivity index (χ2v) is 2.25. The molecule has 0 saturated carbocycles. The molecule has 1 heterocycles. The standard InChI is InChI=1S/C6H10NO2.BF4/c1-8-4-2-7-3-5-9-6-7;2-1(3,4)5/h3,5-6H,2,4H2,1H3;/q+1;-1. The fraction of sp³-hybridized carbons (Fsp3) is 0.500. The molecule has 0 fully saturated rings. The highest BCUT2D eigenvalue weighted by atomic mass is 19.5. The summed E-state index contributed by atoms with van der Waals surface area (Å²) in [5, 5.41) is 0. The van der Waals surface area contributed by atoms with Gasteiger partial charge in [0.15, 0.2) is 12.8 Å². The topological polar surface area (TPSA) is 26.2 Å². The number of nitrogens with zero attached hydrogens (tertiary/aromatic N) is 1. The Morgan fingerprint density at radius 1 is 1.36 bits per heavy atom. The average Bonchev–Trinajstić information content (AvgIpc) is 2.49. The minimum absolute atomic E-state index is 0.726. The van der Waals surface area contributed by atoms with Crippen LogP contribution < -0.4 is 4.57 Å². The Kier molecular flexibility index (Phi) is 5.94. The normalized spacial score (nSPS) is 10.6. The van der Waals surface area contributed by atoms with Gasteiger partial charge in [-0.05, 0) is 0 Å².